The molecule has 1 fully saturated rings. The zero-order valence-electron chi connectivity index (χ0n) is 10.5. The fraction of sp³-hybridized carbons (Fsp3) is 0.500. The Labute approximate surface area is 116 Å². The van der Waals surface area contributed by atoms with Crippen molar-refractivity contribution >= 4 is 27.4 Å². The molecule has 0 amide bonds. The Morgan fingerprint density at radius 1 is 1.56 bits per heavy atom. The molecule has 0 bridgehead atoms. The summed E-state index contributed by atoms with van der Waals surface area (Å²) in [4.78, 5) is 13.7. The van der Waals surface area contributed by atoms with Gasteiger partial charge in [0.25, 0.3) is 0 Å². The minimum Gasteiger partial charge on any atom is -0.396 e. The third-order valence-electron chi connectivity index (χ3n) is 3.47. The largest absolute Gasteiger partial charge is 0.396 e. The third kappa shape index (κ3) is 2.93. The van der Waals surface area contributed by atoms with E-state index in [9.17, 15) is 9.90 Å². The molecule has 0 aromatic heterocycles. The van der Waals surface area contributed by atoms with Crippen LogP contribution >= 0.6 is 15.9 Å². The van der Waals surface area contributed by atoms with Gasteiger partial charge in [-0.3, -0.25) is 4.79 Å². The second-order valence-electron chi connectivity index (χ2n) is 4.86. The summed E-state index contributed by atoms with van der Waals surface area (Å²) in [7, 11) is 0. The minimum absolute atomic E-state index is 0.0697. The number of Topliss-reactive ketones (excluding diaryl/α,β-unsaturated/α-hetero) is 1. The van der Waals surface area contributed by atoms with Crippen LogP contribution in [-0.4, -0.2) is 30.6 Å². The summed E-state index contributed by atoms with van der Waals surface area (Å²) in [6, 6.07) is 5.85. The van der Waals surface area contributed by atoms with Crippen LogP contribution in [0.2, 0.25) is 0 Å². The number of carbonyl (C=O) groups is 1. The van der Waals surface area contributed by atoms with Gasteiger partial charge >= 0.3 is 0 Å². The number of benzene rings is 1. The number of aliphatic hydroxyl groups excluding tert-OH is 1. The molecule has 98 valence electrons. The predicted octanol–water partition coefficient (Wildman–Crippen LogP) is 2.86. The van der Waals surface area contributed by atoms with Crippen LogP contribution in [0.3, 0.4) is 0 Å². The minimum atomic E-state index is 0.0697. The summed E-state index contributed by atoms with van der Waals surface area (Å²) in [5.74, 6) is 0.435. The van der Waals surface area contributed by atoms with E-state index in [1.807, 2.05) is 18.2 Å². The average Bonchev–Trinajstić information content (AvgIpc) is 2.38. The van der Waals surface area contributed by atoms with Crippen LogP contribution in [-0.2, 0) is 0 Å². The fourth-order valence-electron chi connectivity index (χ4n) is 2.43. The number of piperidine rings is 1. The highest BCUT2D eigenvalue weighted by atomic mass is 79.9. The highest BCUT2D eigenvalue weighted by Crippen LogP contribution is 2.28. The van der Waals surface area contributed by atoms with Crippen molar-refractivity contribution in [1.29, 1.82) is 0 Å². The second kappa shape index (κ2) is 5.85. The van der Waals surface area contributed by atoms with E-state index in [2.05, 4.69) is 20.8 Å². The van der Waals surface area contributed by atoms with Gasteiger partial charge in [-0.15, -0.1) is 0 Å². The van der Waals surface area contributed by atoms with Gasteiger partial charge in [0.1, 0.15) is 0 Å². The van der Waals surface area contributed by atoms with Crippen molar-refractivity contribution in [3.05, 3.63) is 28.2 Å². The first-order chi connectivity index (χ1) is 8.61. The molecule has 1 aliphatic heterocycles. The molecule has 18 heavy (non-hydrogen) atoms. The van der Waals surface area contributed by atoms with Gasteiger partial charge in [-0.05, 0) is 59.8 Å². The number of hydrogen-bond donors (Lipinski definition) is 1. The van der Waals surface area contributed by atoms with E-state index in [0.717, 1.165) is 41.7 Å². The van der Waals surface area contributed by atoms with Crippen molar-refractivity contribution in [3.8, 4) is 0 Å². The zero-order valence-corrected chi connectivity index (χ0v) is 12.1. The standard InChI is InChI=1S/C14H18BrNO2/c1-10(18)13-5-4-12(7-14(13)15)16-6-2-3-11(8-16)9-17/h4-5,7,11,17H,2-3,6,8-9H2,1H3. The maximum atomic E-state index is 11.4. The van der Waals surface area contributed by atoms with Gasteiger partial charge < -0.3 is 10.0 Å². The lowest BCUT2D eigenvalue weighted by molar-refractivity contribution is 0.101. The van der Waals surface area contributed by atoms with Crippen LogP contribution < -0.4 is 4.90 Å². The molecule has 1 N–H and O–H groups in total. The van der Waals surface area contributed by atoms with Crippen LogP contribution in [0, 0.1) is 5.92 Å². The Morgan fingerprint density at radius 2 is 2.33 bits per heavy atom. The van der Waals surface area contributed by atoms with Gasteiger partial charge in [-0.25, -0.2) is 0 Å². The topological polar surface area (TPSA) is 40.5 Å². The Hall–Kier alpha value is -0.870. The Morgan fingerprint density at radius 3 is 2.94 bits per heavy atom. The van der Waals surface area contributed by atoms with Crippen LogP contribution in [0.15, 0.2) is 22.7 Å². The average molecular weight is 312 g/mol. The summed E-state index contributed by atoms with van der Waals surface area (Å²) < 4.78 is 0.846. The van der Waals surface area contributed by atoms with Gasteiger partial charge in [-0.1, -0.05) is 0 Å². The molecule has 1 saturated heterocycles. The molecule has 1 aliphatic rings. The van der Waals surface area contributed by atoms with Gasteiger partial charge in [-0.2, -0.15) is 0 Å². The zero-order chi connectivity index (χ0) is 13.1. The normalized spacial score (nSPS) is 19.9. The molecular formula is C14H18BrNO2. The van der Waals surface area contributed by atoms with Crippen LogP contribution in [0.1, 0.15) is 30.1 Å². The molecule has 0 spiro atoms. The van der Waals surface area contributed by atoms with Crippen LogP contribution in [0.25, 0.3) is 0 Å². The number of halogens is 1. The third-order valence-corrected chi connectivity index (χ3v) is 4.13. The molecule has 1 aromatic rings. The Bertz CT molecular complexity index is 447. The quantitative estimate of drug-likeness (QED) is 0.873. The second-order valence-corrected chi connectivity index (χ2v) is 5.71. The molecule has 1 atom stereocenters. The van der Waals surface area contributed by atoms with Crippen LogP contribution in [0.5, 0.6) is 0 Å². The summed E-state index contributed by atoms with van der Waals surface area (Å²) in [6.45, 7) is 3.73. The molecule has 0 radical (unpaired) electrons. The Kier molecular flexibility index (Phi) is 4.40. The molecule has 1 unspecified atom stereocenters. The number of ketones is 1. The lowest BCUT2D eigenvalue weighted by Crippen LogP contribution is -2.36. The van der Waals surface area contributed by atoms with Crippen molar-refractivity contribution in [2.24, 2.45) is 5.92 Å². The number of aliphatic hydroxyl groups is 1. The first kappa shape index (κ1) is 13.6. The van der Waals surface area contributed by atoms with Gasteiger partial charge in [0.2, 0.25) is 0 Å². The maximum absolute atomic E-state index is 11.4. The van der Waals surface area contributed by atoms with E-state index < -0.39 is 0 Å². The van der Waals surface area contributed by atoms with Crippen molar-refractivity contribution in [1.82, 2.24) is 0 Å². The van der Waals surface area contributed by atoms with Crippen molar-refractivity contribution in [2.75, 3.05) is 24.6 Å². The van der Waals surface area contributed by atoms with Crippen molar-refractivity contribution < 1.29 is 9.90 Å². The molecule has 4 heteroatoms. The van der Waals surface area contributed by atoms with E-state index >= 15 is 0 Å². The maximum Gasteiger partial charge on any atom is 0.160 e. The van der Waals surface area contributed by atoms with Crippen molar-refractivity contribution in [2.45, 2.75) is 19.8 Å². The monoisotopic (exact) mass is 311 g/mol. The molecule has 0 aliphatic carbocycles. The summed E-state index contributed by atoms with van der Waals surface area (Å²) in [5.41, 5.74) is 1.83. The Balaban J connectivity index is 2.18. The van der Waals surface area contributed by atoms with E-state index in [0.29, 0.717) is 5.92 Å². The molecule has 0 saturated carbocycles. The number of carbonyl (C=O) groups excluding carboxylic acids is 1. The van der Waals surface area contributed by atoms with E-state index in [4.69, 9.17) is 0 Å². The van der Waals surface area contributed by atoms with Gasteiger partial charge in [0, 0.05) is 35.4 Å². The number of hydrogen-bond acceptors (Lipinski definition) is 3. The van der Waals surface area contributed by atoms with Crippen molar-refractivity contribution in [3.63, 3.8) is 0 Å². The number of rotatable bonds is 3. The van der Waals surface area contributed by atoms with E-state index in [1.165, 1.54) is 0 Å². The molecule has 1 heterocycles. The summed E-state index contributed by atoms with van der Waals surface area (Å²) in [5, 5.41) is 9.25. The van der Waals surface area contributed by atoms with E-state index in [-0.39, 0.29) is 12.4 Å². The summed E-state index contributed by atoms with van der Waals surface area (Å²) in [6.07, 6.45) is 2.21. The SMILES string of the molecule is CC(=O)c1ccc(N2CCCC(CO)C2)cc1Br. The highest BCUT2D eigenvalue weighted by molar-refractivity contribution is 9.10. The van der Waals surface area contributed by atoms with E-state index in [1.54, 1.807) is 6.92 Å². The van der Waals surface area contributed by atoms with Gasteiger partial charge in [0.05, 0.1) is 0 Å². The highest BCUT2D eigenvalue weighted by Gasteiger charge is 2.20. The first-order valence-electron chi connectivity index (χ1n) is 6.28. The summed E-state index contributed by atoms with van der Waals surface area (Å²) >= 11 is 3.45. The molecule has 3 nitrogen and oxygen atoms in total. The fourth-order valence-corrected chi connectivity index (χ4v) is 3.08. The number of anilines is 1. The van der Waals surface area contributed by atoms with Gasteiger partial charge in [0.15, 0.2) is 5.78 Å². The predicted molar refractivity (Wildman–Crippen MR) is 76.2 cm³/mol. The first-order valence-corrected chi connectivity index (χ1v) is 7.07. The molecule has 1 aromatic carbocycles. The molecule has 2 rings (SSSR count). The lowest BCUT2D eigenvalue weighted by Gasteiger charge is -2.33. The van der Waals surface area contributed by atoms with Crippen LogP contribution in [0.4, 0.5) is 5.69 Å². The smallest absolute Gasteiger partial charge is 0.160 e. The number of nitrogens with zero attached hydrogens (tertiary/aromatic N) is 1. The molecular weight excluding hydrogens is 294 g/mol. The lowest BCUT2D eigenvalue weighted by atomic mass is 9.98.